The van der Waals surface area contributed by atoms with Gasteiger partial charge in [0.1, 0.15) is 18.6 Å². The number of Topliss-reactive ketones (excluding diaryl/α,β-unsaturated/α-hetero) is 1. The summed E-state index contributed by atoms with van der Waals surface area (Å²) >= 11 is 0. The number of aromatic hydroxyl groups is 1. The van der Waals surface area contributed by atoms with Crippen molar-refractivity contribution in [1.29, 1.82) is 0 Å². The fourth-order valence-corrected chi connectivity index (χ4v) is 6.64. The van der Waals surface area contributed by atoms with Gasteiger partial charge in [-0.1, -0.05) is 31.2 Å². The van der Waals surface area contributed by atoms with Crippen LogP contribution in [-0.2, 0) is 23.9 Å². The minimum atomic E-state index is -4.55. The molecule has 4 heterocycles. The number of anilines is 2. The normalized spacial score (nSPS) is 14.8. The Kier molecular flexibility index (Phi) is 9.41. The fourth-order valence-electron chi connectivity index (χ4n) is 6.64. The van der Waals surface area contributed by atoms with E-state index in [0.29, 0.717) is 16.8 Å². The monoisotopic (exact) mass is 743 g/mol. The van der Waals surface area contributed by atoms with Gasteiger partial charge >= 0.3 is 6.18 Å². The van der Waals surface area contributed by atoms with E-state index in [4.69, 9.17) is 0 Å². The van der Waals surface area contributed by atoms with Gasteiger partial charge in [-0.3, -0.25) is 19.2 Å². The predicted molar refractivity (Wildman–Crippen MR) is 190 cm³/mol. The summed E-state index contributed by atoms with van der Waals surface area (Å²) < 4.78 is 42.6. The molecule has 2 N–H and O–H groups in total. The van der Waals surface area contributed by atoms with E-state index in [1.807, 2.05) is 11.8 Å². The van der Waals surface area contributed by atoms with Gasteiger partial charge in [0.15, 0.2) is 23.1 Å². The fraction of sp³-hybridized carbons (Fsp3) is 0.351. The summed E-state index contributed by atoms with van der Waals surface area (Å²) in [5, 5.41) is 17.6. The van der Waals surface area contributed by atoms with E-state index < -0.39 is 29.1 Å². The van der Waals surface area contributed by atoms with Gasteiger partial charge < -0.3 is 24.8 Å². The molecule has 0 spiro atoms. The van der Waals surface area contributed by atoms with Gasteiger partial charge in [0.25, 0.3) is 11.5 Å². The van der Waals surface area contributed by atoms with E-state index in [0.717, 1.165) is 29.5 Å². The summed E-state index contributed by atoms with van der Waals surface area (Å²) in [5.74, 6) is -1.01. The van der Waals surface area contributed by atoms with E-state index >= 15 is 0 Å². The molecule has 1 saturated carbocycles. The Bertz CT molecular complexity index is 2360. The highest BCUT2D eigenvalue weighted by molar-refractivity contribution is 5.99. The molecule has 3 aromatic heterocycles. The summed E-state index contributed by atoms with van der Waals surface area (Å²) in [4.78, 5) is 69.7. The maximum atomic E-state index is 14.3. The lowest BCUT2D eigenvalue weighted by molar-refractivity contribution is -0.137. The Balaban J connectivity index is 1.24. The minimum Gasteiger partial charge on any atom is -0.504 e. The molecule has 2 aromatic carbocycles. The average Bonchev–Trinajstić information content (AvgIpc) is 3.91. The Morgan fingerprint density at radius 3 is 2.31 bits per heavy atom. The largest absolute Gasteiger partial charge is 0.504 e. The van der Waals surface area contributed by atoms with E-state index in [2.05, 4.69) is 25.4 Å². The highest BCUT2D eigenvalue weighted by Gasteiger charge is 2.33. The predicted octanol–water partition coefficient (Wildman–Crippen LogP) is 4.45. The molecule has 280 valence electrons. The van der Waals surface area contributed by atoms with Crippen molar-refractivity contribution < 1.29 is 32.7 Å². The molecule has 1 aliphatic heterocycles. The van der Waals surface area contributed by atoms with Crippen molar-refractivity contribution in [3.63, 3.8) is 0 Å². The number of hydrogen-bond donors (Lipinski definition) is 2. The number of rotatable bonds is 9. The van der Waals surface area contributed by atoms with Crippen molar-refractivity contribution in [2.75, 3.05) is 36.4 Å². The number of amides is 2. The third kappa shape index (κ3) is 6.88. The van der Waals surface area contributed by atoms with E-state index in [-0.39, 0.29) is 96.5 Å². The number of piperazine rings is 1. The van der Waals surface area contributed by atoms with Crippen LogP contribution in [0.2, 0.25) is 0 Å². The molecule has 7 rings (SSSR count). The van der Waals surface area contributed by atoms with Gasteiger partial charge in [0.2, 0.25) is 11.7 Å². The van der Waals surface area contributed by atoms with E-state index in [1.165, 1.54) is 24.2 Å². The number of aromatic nitrogens is 6. The first kappa shape index (κ1) is 36.2. The number of nitrogens with zero attached hydrogens (tertiary/aromatic N) is 8. The van der Waals surface area contributed by atoms with Gasteiger partial charge in [-0.25, -0.2) is 9.97 Å². The number of fused-ring (bicyclic) bond motifs is 1. The molecule has 0 unspecified atom stereocenters. The molecule has 1 aliphatic carbocycles. The quantitative estimate of drug-likeness (QED) is 0.206. The van der Waals surface area contributed by atoms with Gasteiger partial charge in [-0.2, -0.15) is 22.7 Å². The number of hydrogen-bond acceptors (Lipinski definition) is 10. The lowest BCUT2D eigenvalue weighted by Crippen LogP contribution is -2.51. The molecule has 2 aliphatic rings. The second-order valence-electron chi connectivity index (χ2n) is 13.4. The Morgan fingerprint density at radius 2 is 1.69 bits per heavy atom. The van der Waals surface area contributed by atoms with Crippen LogP contribution in [-0.4, -0.2) is 82.9 Å². The number of alkyl halides is 3. The number of halogens is 3. The van der Waals surface area contributed by atoms with Crippen molar-refractivity contribution in [2.45, 2.75) is 52.8 Å². The lowest BCUT2D eigenvalue weighted by Gasteiger charge is -2.36. The second kappa shape index (κ2) is 14.0. The van der Waals surface area contributed by atoms with Crippen LogP contribution in [0.1, 0.15) is 63.1 Å². The zero-order valence-electron chi connectivity index (χ0n) is 29.6. The second-order valence-corrected chi connectivity index (χ2v) is 13.4. The van der Waals surface area contributed by atoms with Gasteiger partial charge in [0, 0.05) is 48.9 Å². The van der Waals surface area contributed by atoms with Gasteiger partial charge in [-0.05, 0) is 56.9 Å². The van der Waals surface area contributed by atoms with Crippen molar-refractivity contribution in [2.24, 2.45) is 5.92 Å². The van der Waals surface area contributed by atoms with Crippen molar-refractivity contribution in [3.05, 3.63) is 92.9 Å². The average molecular weight is 744 g/mol. The summed E-state index contributed by atoms with van der Waals surface area (Å²) in [7, 11) is 0. The van der Waals surface area contributed by atoms with Crippen LogP contribution >= 0.6 is 0 Å². The van der Waals surface area contributed by atoms with Crippen molar-refractivity contribution in [1.82, 2.24) is 34.0 Å². The van der Waals surface area contributed by atoms with Crippen LogP contribution in [0.5, 0.6) is 5.75 Å². The molecule has 1 saturated heterocycles. The third-order valence-electron chi connectivity index (χ3n) is 9.76. The molecule has 5 aromatic rings. The SMILES string of the molecule is CCc1c(N2CCN(C(=O)c3ncnc(C)c3O)CC2)c(=O)n2nc(-c3ccc(C(=O)C4CC4)cc3)nc2n1CC(=O)Nc1ccc(C(F)(F)F)cc1C. The highest BCUT2D eigenvalue weighted by Crippen LogP contribution is 2.34. The lowest BCUT2D eigenvalue weighted by atomic mass is 10.1. The minimum absolute atomic E-state index is 0.0400. The first-order valence-electron chi connectivity index (χ1n) is 17.4. The number of carbonyl (C=O) groups is 3. The Morgan fingerprint density at radius 1 is 0.981 bits per heavy atom. The molecule has 2 amide bonds. The summed E-state index contributed by atoms with van der Waals surface area (Å²) in [6, 6.07) is 9.83. The number of aryl methyl sites for hydroxylation is 2. The van der Waals surface area contributed by atoms with Gasteiger partial charge in [-0.15, -0.1) is 5.10 Å². The molecule has 0 atom stereocenters. The van der Waals surface area contributed by atoms with Crippen molar-refractivity contribution >= 4 is 34.8 Å². The van der Waals surface area contributed by atoms with Crippen LogP contribution in [0.15, 0.2) is 53.6 Å². The van der Waals surface area contributed by atoms with E-state index in [1.54, 1.807) is 35.8 Å². The zero-order valence-corrected chi connectivity index (χ0v) is 29.6. The summed E-state index contributed by atoms with van der Waals surface area (Å²) in [6.07, 6.45) is -1.33. The Labute approximate surface area is 306 Å². The van der Waals surface area contributed by atoms with E-state index in [9.17, 15) is 37.5 Å². The van der Waals surface area contributed by atoms with Crippen molar-refractivity contribution in [3.8, 4) is 17.1 Å². The number of carbonyl (C=O) groups excluding carboxylic acids is 3. The standard InChI is InChI=1S/C37H36F3N9O5/c1-4-27-30(46-13-15-47(16-14-46)34(53)29-31(51)21(3)41-19-42-29)35(54)49-36(44-33(45-49)24-9-7-23(8-10-24)32(52)22-5-6-22)48(27)18-28(50)43-26-12-11-25(17-20(26)2)37(38,39)40/h7-12,17,19,22,51H,4-6,13-16,18H2,1-3H3,(H,43,50). The maximum absolute atomic E-state index is 14.3. The smallest absolute Gasteiger partial charge is 0.416 e. The van der Waals surface area contributed by atoms with Crippen LogP contribution in [0.4, 0.5) is 24.5 Å². The van der Waals surface area contributed by atoms with Crippen LogP contribution in [0.25, 0.3) is 17.2 Å². The maximum Gasteiger partial charge on any atom is 0.416 e. The summed E-state index contributed by atoms with van der Waals surface area (Å²) in [6.45, 7) is 5.29. The first-order chi connectivity index (χ1) is 25.7. The molecular weight excluding hydrogens is 707 g/mol. The number of nitrogens with one attached hydrogen (secondary N) is 1. The molecule has 0 radical (unpaired) electrons. The third-order valence-corrected chi connectivity index (χ3v) is 9.76. The summed E-state index contributed by atoms with van der Waals surface area (Å²) in [5.41, 5.74) is 1.02. The molecular formula is C37H36F3N9O5. The van der Waals surface area contributed by atoms with Crippen LogP contribution < -0.4 is 15.8 Å². The Hall–Kier alpha value is -6.13. The van der Waals surface area contributed by atoms with Crippen LogP contribution in [0.3, 0.4) is 0 Å². The number of benzene rings is 2. The number of ketones is 1. The molecule has 17 heteroatoms. The highest BCUT2D eigenvalue weighted by atomic mass is 19.4. The van der Waals surface area contributed by atoms with Crippen LogP contribution in [0, 0.1) is 19.8 Å². The molecule has 54 heavy (non-hydrogen) atoms. The molecule has 14 nitrogen and oxygen atoms in total. The first-order valence-corrected chi connectivity index (χ1v) is 17.4. The topological polar surface area (TPSA) is 168 Å². The zero-order chi connectivity index (χ0) is 38.5. The van der Waals surface area contributed by atoms with Gasteiger partial charge in [0.05, 0.1) is 17.0 Å². The molecule has 2 fully saturated rings. The molecule has 0 bridgehead atoms.